The first-order valence-electron chi connectivity index (χ1n) is 9.93. The van der Waals surface area contributed by atoms with Crippen molar-refractivity contribution in [2.45, 2.75) is 27.2 Å². The zero-order valence-corrected chi connectivity index (χ0v) is 16.8. The second kappa shape index (κ2) is 9.40. The molecule has 1 aliphatic heterocycles. The Morgan fingerprint density at radius 3 is 2.59 bits per heavy atom. The van der Waals surface area contributed by atoms with E-state index < -0.39 is 0 Å². The van der Waals surface area contributed by atoms with Gasteiger partial charge in [0.2, 0.25) is 0 Å². The van der Waals surface area contributed by atoms with E-state index in [9.17, 15) is 0 Å². The fraction of sp³-hybridized carbons (Fsp3) is 0.455. The normalized spacial score (nSPS) is 15.1. The first kappa shape index (κ1) is 19.2. The van der Waals surface area contributed by atoms with Crippen molar-refractivity contribution >= 4 is 11.6 Å². The average molecular weight is 366 g/mol. The number of guanidine groups is 1. The molecule has 1 aromatic heterocycles. The standard InChI is InChI=1S/C22H31N5/c1-4-23-22(25-13-11-20-9-5-6-12-24-20)27-16-14-26(15-17-27)21-10-7-8-18(2)19(21)3/h5-10,12H,4,11,13-17H2,1-3H3,(H,23,25). The Morgan fingerprint density at radius 1 is 1.07 bits per heavy atom. The highest BCUT2D eigenvalue weighted by Gasteiger charge is 2.21. The summed E-state index contributed by atoms with van der Waals surface area (Å²) < 4.78 is 0. The molecule has 0 bridgehead atoms. The Hall–Kier alpha value is -2.56. The molecule has 2 aromatic rings. The first-order valence-corrected chi connectivity index (χ1v) is 9.93. The van der Waals surface area contributed by atoms with Gasteiger partial charge in [-0.2, -0.15) is 0 Å². The molecule has 1 saturated heterocycles. The van der Waals surface area contributed by atoms with Gasteiger partial charge in [0, 0.05) is 63.3 Å². The largest absolute Gasteiger partial charge is 0.368 e. The van der Waals surface area contributed by atoms with E-state index in [1.165, 1.54) is 16.8 Å². The van der Waals surface area contributed by atoms with Gasteiger partial charge in [-0.25, -0.2) is 0 Å². The van der Waals surface area contributed by atoms with E-state index in [1.54, 1.807) is 0 Å². The smallest absolute Gasteiger partial charge is 0.194 e. The van der Waals surface area contributed by atoms with Gasteiger partial charge < -0.3 is 15.1 Å². The molecule has 1 N–H and O–H groups in total. The summed E-state index contributed by atoms with van der Waals surface area (Å²) in [5.74, 6) is 1.02. The van der Waals surface area contributed by atoms with E-state index in [-0.39, 0.29) is 0 Å². The van der Waals surface area contributed by atoms with Crippen LogP contribution >= 0.6 is 0 Å². The molecule has 1 aliphatic rings. The van der Waals surface area contributed by atoms with Gasteiger partial charge in [0.15, 0.2) is 5.96 Å². The molecule has 27 heavy (non-hydrogen) atoms. The van der Waals surface area contributed by atoms with Gasteiger partial charge in [0.1, 0.15) is 0 Å². The van der Waals surface area contributed by atoms with Crippen LogP contribution in [0.25, 0.3) is 0 Å². The van der Waals surface area contributed by atoms with E-state index in [0.29, 0.717) is 0 Å². The maximum Gasteiger partial charge on any atom is 0.194 e. The maximum absolute atomic E-state index is 4.83. The van der Waals surface area contributed by atoms with Crippen LogP contribution < -0.4 is 10.2 Å². The Labute approximate surface area is 163 Å². The van der Waals surface area contributed by atoms with Crippen molar-refractivity contribution in [3.63, 3.8) is 0 Å². The van der Waals surface area contributed by atoms with Crippen LogP contribution in [0.5, 0.6) is 0 Å². The monoisotopic (exact) mass is 365 g/mol. The molecular formula is C22H31N5. The summed E-state index contributed by atoms with van der Waals surface area (Å²) in [6.07, 6.45) is 2.72. The summed E-state index contributed by atoms with van der Waals surface area (Å²) >= 11 is 0. The van der Waals surface area contributed by atoms with Gasteiger partial charge in [-0.1, -0.05) is 18.2 Å². The number of aryl methyl sites for hydroxylation is 1. The molecule has 5 heteroatoms. The molecule has 2 heterocycles. The lowest BCUT2D eigenvalue weighted by Gasteiger charge is -2.38. The summed E-state index contributed by atoms with van der Waals surface area (Å²) in [6, 6.07) is 12.6. The van der Waals surface area contributed by atoms with Gasteiger partial charge in [-0.05, 0) is 50.1 Å². The SMILES string of the molecule is CCNC(=NCCc1ccccn1)N1CCN(c2cccc(C)c2C)CC1. The molecule has 0 unspecified atom stereocenters. The Bertz CT molecular complexity index is 749. The van der Waals surface area contributed by atoms with Gasteiger partial charge in [-0.15, -0.1) is 0 Å². The van der Waals surface area contributed by atoms with Crippen molar-refractivity contribution in [1.29, 1.82) is 0 Å². The predicted octanol–water partition coefficient (Wildman–Crippen LogP) is 3.03. The molecule has 3 rings (SSSR count). The topological polar surface area (TPSA) is 43.8 Å². The molecule has 0 atom stereocenters. The first-order chi connectivity index (χ1) is 13.2. The third-order valence-electron chi connectivity index (χ3n) is 5.19. The number of rotatable bonds is 5. The second-order valence-electron chi connectivity index (χ2n) is 7.00. The molecule has 144 valence electrons. The van der Waals surface area contributed by atoms with E-state index in [2.05, 4.69) is 65.1 Å². The van der Waals surface area contributed by atoms with Gasteiger partial charge in [0.05, 0.1) is 0 Å². The zero-order chi connectivity index (χ0) is 19.1. The number of anilines is 1. The van der Waals surface area contributed by atoms with Crippen molar-refractivity contribution in [3.8, 4) is 0 Å². The molecule has 0 amide bonds. The number of hydrogen-bond donors (Lipinski definition) is 1. The fourth-order valence-corrected chi connectivity index (χ4v) is 3.49. The average Bonchev–Trinajstić information content (AvgIpc) is 2.70. The number of nitrogens with one attached hydrogen (secondary N) is 1. The van der Waals surface area contributed by atoms with Gasteiger partial charge in [-0.3, -0.25) is 9.98 Å². The highest BCUT2D eigenvalue weighted by Crippen LogP contribution is 2.23. The summed E-state index contributed by atoms with van der Waals surface area (Å²) in [5.41, 5.74) is 5.21. The lowest BCUT2D eigenvalue weighted by Crippen LogP contribution is -2.52. The Morgan fingerprint density at radius 2 is 1.89 bits per heavy atom. The third kappa shape index (κ3) is 5.00. The van der Waals surface area contributed by atoms with Crippen LogP contribution in [0.1, 0.15) is 23.7 Å². The van der Waals surface area contributed by atoms with Crippen LogP contribution in [0.2, 0.25) is 0 Å². The van der Waals surface area contributed by atoms with Gasteiger partial charge in [0.25, 0.3) is 0 Å². The maximum atomic E-state index is 4.83. The number of pyridine rings is 1. The molecule has 0 aliphatic carbocycles. The number of aromatic nitrogens is 1. The van der Waals surface area contributed by atoms with E-state index in [0.717, 1.165) is 57.3 Å². The fourth-order valence-electron chi connectivity index (χ4n) is 3.49. The minimum atomic E-state index is 0.760. The molecule has 5 nitrogen and oxygen atoms in total. The summed E-state index contributed by atoms with van der Waals surface area (Å²) in [6.45, 7) is 12.2. The number of benzene rings is 1. The van der Waals surface area contributed by atoms with Crippen molar-refractivity contribution in [3.05, 3.63) is 59.4 Å². The third-order valence-corrected chi connectivity index (χ3v) is 5.19. The Balaban J connectivity index is 1.59. The summed E-state index contributed by atoms with van der Waals surface area (Å²) in [5, 5.41) is 3.45. The van der Waals surface area contributed by atoms with Crippen LogP contribution in [0.4, 0.5) is 5.69 Å². The summed E-state index contributed by atoms with van der Waals surface area (Å²) in [7, 11) is 0. The van der Waals surface area contributed by atoms with Crippen LogP contribution in [-0.4, -0.2) is 55.1 Å². The van der Waals surface area contributed by atoms with Crippen molar-refractivity contribution < 1.29 is 0 Å². The summed E-state index contributed by atoms with van der Waals surface area (Å²) in [4.78, 5) is 14.1. The molecule has 0 spiro atoms. The minimum absolute atomic E-state index is 0.760. The highest BCUT2D eigenvalue weighted by atomic mass is 15.3. The van der Waals surface area contributed by atoms with Crippen LogP contribution in [0, 0.1) is 13.8 Å². The molecular weight excluding hydrogens is 334 g/mol. The minimum Gasteiger partial charge on any atom is -0.368 e. The number of nitrogens with zero attached hydrogens (tertiary/aromatic N) is 4. The molecule has 1 fully saturated rings. The quantitative estimate of drug-likeness (QED) is 0.653. The van der Waals surface area contributed by atoms with E-state index >= 15 is 0 Å². The molecule has 0 radical (unpaired) electrons. The van der Waals surface area contributed by atoms with Gasteiger partial charge >= 0.3 is 0 Å². The van der Waals surface area contributed by atoms with Crippen LogP contribution in [0.3, 0.4) is 0 Å². The Kier molecular flexibility index (Phi) is 6.69. The van der Waals surface area contributed by atoms with E-state index in [1.807, 2.05) is 18.3 Å². The zero-order valence-electron chi connectivity index (χ0n) is 16.8. The van der Waals surface area contributed by atoms with Crippen molar-refractivity contribution in [2.24, 2.45) is 4.99 Å². The van der Waals surface area contributed by atoms with E-state index in [4.69, 9.17) is 4.99 Å². The predicted molar refractivity (Wildman–Crippen MR) is 114 cm³/mol. The second-order valence-corrected chi connectivity index (χ2v) is 7.00. The highest BCUT2D eigenvalue weighted by molar-refractivity contribution is 5.80. The number of aliphatic imine (C=N–C) groups is 1. The van der Waals surface area contributed by atoms with Crippen molar-refractivity contribution in [1.82, 2.24) is 15.2 Å². The number of piperazine rings is 1. The van der Waals surface area contributed by atoms with Crippen molar-refractivity contribution in [2.75, 3.05) is 44.2 Å². The van der Waals surface area contributed by atoms with Crippen LogP contribution in [0.15, 0.2) is 47.6 Å². The number of hydrogen-bond acceptors (Lipinski definition) is 3. The molecule has 0 saturated carbocycles. The lowest BCUT2D eigenvalue weighted by molar-refractivity contribution is 0.372. The molecule has 1 aromatic carbocycles. The van der Waals surface area contributed by atoms with Crippen LogP contribution in [-0.2, 0) is 6.42 Å². The lowest BCUT2D eigenvalue weighted by atomic mass is 10.1.